The van der Waals surface area contributed by atoms with E-state index in [-0.39, 0.29) is 12.4 Å². The predicted molar refractivity (Wildman–Crippen MR) is 60.1 cm³/mol. The lowest BCUT2D eigenvalue weighted by molar-refractivity contribution is 0.287. The van der Waals surface area contributed by atoms with Gasteiger partial charge in [0.25, 0.3) is 0 Å². The average Bonchev–Trinajstić information content (AvgIpc) is 2.78. The van der Waals surface area contributed by atoms with Gasteiger partial charge < -0.3 is 10.1 Å². The predicted octanol–water partition coefficient (Wildman–Crippen LogP) is 2.44. The summed E-state index contributed by atoms with van der Waals surface area (Å²) < 4.78 is 31.2. The number of benzene rings is 1. The van der Waals surface area contributed by atoms with Crippen LogP contribution in [0.3, 0.4) is 0 Å². The van der Waals surface area contributed by atoms with E-state index in [0.717, 1.165) is 18.2 Å². The van der Waals surface area contributed by atoms with Crippen LogP contribution in [-0.2, 0) is 6.61 Å². The first kappa shape index (κ1) is 11.7. The van der Waals surface area contributed by atoms with Crippen LogP contribution in [0.2, 0.25) is 0 Å². The number of nitrogens with zero attached hydrogens (tertiary/aromatic N) is 2. The maximum atomic E-state index is 13.2. The summed E-state index contributed by atoms with van der Waals surface area (Å²) in [6.45, 7) is 0.0553. The van der Waals surface area contributed by atoms with Crippen LogP contribution in [0.25, 0.3) is 0 Å². The number of hydrogen-bond acceptors (Lipinski definition) is 5. The van der Waals surface area contributed by atoms with Crippen molar-refractivity contribution < 1.29 is 13.5 Å². The third-order valence-electron chi connectivity index (χ3n) is 1.93. The van der Waals surface area contributed by atoms with Crippen molar-refractivity contribution >= 4 is 16.5 Å². The van der Waals surface area contributed by atoms with Gasteiger partial charge in [0.1, 0.15) is 12.4 Å². The van der Waals surface area contributed by atoms with Crippen LogP contribution in [-0.4, -0.2) is 17.2 Å². The topological polar surface area (TPSA) is 47.0 Å². The first-order valence-electron chi connectivity index (χ1n) is 4.77. The molecule has 0 amide bonds. The van der Waals surface area contributed by atoms with E-state index in [1.807, 2.05) is 0 Å². The average molecular weight is 257 g/mol. The molecular weight excluding hydrogens is 248 g/mol. The summed E-state index contributed by atoms with van der Waals surface area (Å²) in [6.07, 6.45) is 0. The number of ether oxygens (including phenoxy) is 1. The normalized spacial score (nSPS) is 10.3. The van der Waals surface area contributed by atoms with E-state index in [9.17, 15) is 8.78 Å². The SMILES string of the molecule is CNc1nnc(COc2cc(F)ccc2F)s1. The lowest BCUT2D eigenvalue weighted by Gasteiger charge is -2.04. The molecule has 0 atom stereocenters. The van der Waals surface area contributed by atoms with Crippen LogP contribution in [0, 0.1) is 11.6 Å². The van der Waals surface area contributed by atoms with Crippen molar-refractivity contribution in [2.24, 2.45) is 0 Å². The van der Waals surface area contributed by atoms with Crippen molar-refractivity contribution in [3.63, 3.8) is 0 Å². The van der Waals surface area contributed by atoms with Gasteiger partial charge in [0.05, 0.1) is 0 Å². The maximum Gasteiger partial charge on any atom is 0.205 e. The Balaban J connectivity index is 2.04. The molecule has 7 heteroatoms. The Hall–Kier alpha value is -1.76. The monoisotopic (exact) mass is 257 g/mol. The second-order valence-corrected chi connectivity index (χ2v) is 4.18. The zero-order valence-corrected chi connectivity index (χ0v) is 9.72. The first-order valence-corrected chi connectivity index (χ1v) is 5.58. The van der Waals surface area contributed by atoms with Gasteiger partial charge in [-0.15, -0.1) is 10.2 Å². The van der Waals surface area contributed by atoms with Gasteiger partial charge >= 0.3 is 0 Å². The Morgan fingerprint density at radius 2 is 2.18 bits per heavy atom. The molecule has 0 aliphatic rings. The number of rotatable bonds is 4. The van der Waals surface area contributed by atoms with E-state index < -0.39 is 11.6 Å². The molecule has 4 nitrogen and oxygen atoms in total. The highest BCUT2D eigenvalue weighted by Crippen LogP contribution is 2.21. The summed E-state index contributed by atoms with van der Waals surface area (Å²) in [6, 6.07) is 3.05. The molecule has 0 radical (unpaired) electrons. The van der Waals surface area contributed by atoms with Gasteiger partial charge in [-0.2, -0.15) is 0 Å². The molecule has 1 N–H and O–H groups in total. The smallest absolute Gasteiger partial charge is 0.205 e. The minimum atomic E-state index is -0.607. The maximum absolute atomic E-state index is 13.2. The number of halogens is 2. The molecule has 2 rings (SSSR count). The molecule has 0 saturated heterocycles. The fourth-order valence-electron chi connectivity index (χ4n) is 1.14. The summed E-state index contributed by atoms with van der Waals surface area (Å²) in [7, 11) is 1.72. The van der Waals surface area contributed by atoms with E-state index in [0.29, 0.717) is 10.1 Å². The Morgan fingerprint density at radius 1 is 1.35 bits per heavy atom. The number of hydrogen-bond donors (Lipinski definition) is 1. The molecule has 1 heterocycles. The zero-order chi connectivity index (χ0) is 12.3. The van der Waals surface area contributed by atoms with Gasteiger partial charge in [-0.1, -0.05) is 11.3 Å². The number of nitrogens with one attached hydrogen (secondary N) is 1. The molecule has 0 unspecified atom stereocenters. The van der Waals surface area contributed by atoms with Gasteiger partial charge in [0.15, 0.2) is 16.6 Å². The fraction of sp³-hybridized carbons (Fsp3) is 0.200. The molecule has 0 fully saturated rings. The molecule has 0 bridgehead atoms. The Kier molecular flexibility index (Phi) is 3.48. The van der Waals surface area contributed by atoms with Gasteiger partial charge in [-0.3, -0.25) is 0 Å². The highest BCUT2D eigenvalue weighted by atomic mass is 32.1. The van der Waals surface area contributed by atoms with Crippen LogP contribution in [0.15, 0.2) is 18.2 Å². The Bertz CT molecular complexity index is 518. The standard InChI is InChI=1S/C10H9F2N3OS/c1-13-10-15-14-9(17-10)5-16-8-4-6(11)2-3-7(8)12/h2-4H,5H2,1H3,(H,13,15). The number of anilines is 1. The summed E-state index contributed by atoms with van der Waals surface area (Å²) in [5.74, 6) is -1.29. The fourth-order valence-corrected chi connectivity index (χ4v) is 1.75. The van der Waals surface area contributed by atoms with E-state index in [2.05, 4.69) is 15.5 Å². The molecule has 0 spiro atoms. The Morgan fingerprint density at radius 3 is 2.88 bits per heavy atom. The van der Waals surface area contributed by atoms with Gasteiger partial charge in [-0.25, -0.2) is 8.78 Å². The van der Waals surface area contributed by atoms with E-state index >= 15 is 0 Å². The number of aromatic nitrogens is 2. The molecule has 17 heavy (non-hydrogen) atoms. The highest BCUT2D eigenvalue weighted by Gasteiger charge is 2.07. The second-order valence-electron chi connectivity index (χ2n) is 3.11. The van der Waals surface area contributed by atoms with Crippen molar-refractivity contribution in [3.05, 3.63) is 34.8 Å². The van der Waals surface area contributed by atoms with Crippen molar-refractivity contribution in [2.75, 3.05) is 12.4 Å². The van der Waals surface area contributed by atoms with E-state index in [1.54, 1.807) is 7.05 Å². The molecule has 0 aliphatic heterocycles. The quantitative estimate of drug-likeness (QED) is 0.913. The molecular formula is C10H9F2N3OS. The van der Waals surface area contributed by atoms with Crippen LogP contribution in [0.5, 0.6) is 5.75 Å². The third kappa shape index (κ3) is 2.88. The third-order valence-corrected chi connectivity index (χ3v) is 2.84. The molecule has 1 aromatic carbocycles. The van der Waals surface area contributed by atoms with Crippen LogP contribution < -0.4 is 10.1 Å². The van der Waals surface area contributed by atoms with Crippen molar-refractivity contribution in [1.29, 1.82) is 0 Å². The van der Waals surface area contributed by atoms with Crippen molar-refractivity contribution in [1.82, 2.24) is 10.2 Å². The summed E-state index contributed by atoms with van der Waals surface area (Å²) in [4.78, 5) is 0. The lowest BCUT2D eigenvalue weighted by atomic mass is 10.3. The molecule has 0 saturated carbocycles. The summed E-state index contributed by atoms with van der Waals surface area (Å²) >= 11 is 1.29. The Labute approximate surface area is 100 Å². The van der Waals surface area contributed by atoms with Gasteiger partial charge in [-0.05, 0) is 12.1 Å². The molecule has 0 aliphatic carbocycles. The van der Waals surface area contributed by atoms with Gasteiger partial charge in [0, 0.05) is 13.1 Å². The molecule has 90 valence electrons. The largest absolute Gasteiger partial charge is 0.483 e. The minimum Gasteiger partial charge on any atom is -0.483 e. The zero-order valence-electron chi connectivity index (χ0n) is 8.91. The van der Waals surface area contributed by atoms with E-state index in [1.165, 1.54) is 11.3 Å². The lowest BCUT2D eigenvalue weighted by Crippen LogP contribution is -1.97. The van der Waals surface area contributed by atoms with Crippen molar-refractivity contribution in [2.45, 2.75) is 6.61 Å². The minimum absolute atomic E-state index is 0.0553. The highest BCUT2D eigenvalue weighted by molar-refractivity contribution is 7.15. The summed E-state index contributed by atoms with van der Waals surface area (Å²) in [5, 5.41) is 11.7. The van der Waals surface area contributed by atoms with Crippen LogP contribution in [0.4, 0.5) is 13.9 Å². The van der Waals surface area contributed by atoms with Crippen molar-refractivity contribution in [3.8, 4) is 5.75 Å². The van der Waals surface area contributed by atoms with Gasteiger partial charge in [0.2, 0.25) is 5.13 Å². The van der Waals surface area contributed by atoms with Crippen LogP contribution >= 0.6 is 11.3 Å². The first-order chi connectivity index (χ1) is 8.19. The summed E-state index contributed by atoms with van der Waals surface area (Å²) in [5.41, 5.74) is 0. The van der Waals surface area contributed by atoms with E-state index in [4.69, 9.17) is 4.74 Å². The van der Waals surface area contributed by atoms with Crippen LogP contribution in [0.1, 0.15) is 5.01 Å². The molecule has 1 aromatic heterocycles. The molecule has 2 aromatic rings. The second kappa shape index (κ2) is 5.05.